The summed E-state index contributed by atoms with van der Waals surface area (Å²) >= 11 is 0. The van der Waals surface area contributed by atoms with Gasteiger partial charge in [-0.15, -0.1) is 10.2 Å². The van der Waals surface area contributed by atoms with Gasteiger partial charge in [0.1, 0.15) is 5.75 Å². The maximum Gasteiger partial charge on any atom is 0.235 e. The molecule has 5 nitrogen and oxygen atoms in total. The predicted molar refractivity (Wildman–Crippen MR) is 64.1 cm³/mol. The Morgan fingerprint density at radius 1 is 1.29 bits per heavy atom. The Morgan fingerprint density at radius 2 is 2.12 bits per heavy atom. The molecular weight excluding hydrogens is 218 g/mol. The van der Waals surface area contributed by atoms with E-state index in [2.05, 4.69) is 15.5 Å². The molecule has 0 spiro atoms. The van der Waals surface area contributed by atoms with Crippen LogP contribution in [0.4, 0.5) is 5.69 Å². The molecule has 0 aliphatic carbocycles. The van der Waals surface area contributed by atoms with Crippen molar-refractivity contribution in [1.29, 1.82) is 0 Å². The molecule has 17 heavy (non-hydrogen) atoms. The molecule has 0 aliphatic rings. The standard InChI is InChI=1S/C12H15N3O2/c1-8-4-5-11(16-3)10(6-8)13-7-12-15-14-9(2)17-12/h4-6,13H,7H2,1-3H3. The fourth-order valence-corrected chi connectivity index (χ4v) is 1.54. The second-order valence-corrected chi connectivity index (χ2v) is 3.77. The van der Waals surface area contributed by atoms with Crippen molar-refractivity contribution in [1.82, 2.24) is 10.2 Å². The van der Waals surface area contributed by atoms with Crippen LogP contribution in [0.25, 0.3) is 0 Å². The Kier molecular flexibility index (Phi) is 3.27. The topological polar surface area (TPSA) is 60.2 Å². The first-order valence-electron chi connectivity index (χ1n) is 5.36. The lowest BCUT2D eigenvalue weighted by molar-refractivity contribution is 0.416. The van der Waals surface area contributed by atoms with E-state index in [0.717, 1.165) is 17.0 Å². The number of ether oxygens (including phenoxy) is 1. The minimum atomic E-state index is 0.487. The number of anilines is 1. The Bertz CT molecular complexity index is 508. The zero-order chi connectivity index (χ0) is 12.3. The lowest BCUT2D eigenvalue weighted by atomic mass is 10.2. The molecule has 5 heteroatoms. The van der Waals surface area contributed by atoms with Crippen LogP contribution >= 0.6 is 0 Å². The van der Waals surface area contributed by atoms with Crippen LogP contribution in [-0.4, -0.2) is 17.3 Å². The molecule has 1 aromatic heterocycles. The van der Waals surface area contributed by atoms with Crippen LogP contribution in [-0.2, 0) is 6.54 Å². The molecule has 0 saturated heterocycles. The number of rotatable bonds is 4. The van der Waals surface area contributed by atoms with Crippen LogP contribution < -0.4 is 10.1 Å². The van der Waals surface area contributed by atoms with Crippen molar-refractivity contribution in [2.24, 2.45) is 0 Å². The van der Waals surface area contributed by atoms with Crippen molar-refractivity contribution in [3.8, 4) is 5.75 Å². The van der Waals surface area contributed by atoms with Gasteiger partial charge in [0.15, 0.2) is 0 Å². The third kappa shape index (κ3) is 2.75. The molecule has 1 heterocycles. The Morgan fingerprint density at radius 3 is 2.76 bits per heavy atom. The maximum absolute atomic E-state index is 5.28. The van der Waals surface area contributed by atoms with E-state index in [9.17, 15) is 0 Å². The summed E-state index contributed by atoms with van der Waals surface area (Å²) in [6.45, 7) is 4.28. The van der Waals surface area contributed by atoms with E-state index in [1.165, 1.54) is 0 Å². The van der Waals surface area contributed by atoms with Gasteiger partial charge in [0.25, 0.3) is 0 Å². The number of hydrogen-bond donors (Lipinski definition) is 1. The van der Waals surface area contributed by atoms with E-state index in [1.807, 2.05) is 25.1 Å². The molecule has 1 aromatic carbocycles. The summed E-state index contributed by atoms with van der Waals surface area (Å²) in [6, 6.07) is 5.94. The van der Waals surface area contributed by atoms with E-state index in [1.54, 1.807) is 14.0 Å². The lowest BCUT2D eigenvalue weighted by Gasteiger charge is -2.10. The van der Waals surface area contributed by atoms with Crippen LogP contribution in [0.3, 0.4) is 0 Å². The summed E-state index contributed by atoms with van der Waals surface area (Å²) in [5, 5.41) is 10.9. The molecular formula is C12H15N3O2. The monoisotopic (exact) mass is 233 g/mol. The summed E-state index contributed by atoms with van der Waals surface area (Å²) < 4.78 is 10.5. The fraction of sp³-hybridized carbons (Fsp3) is 0.333. The van der Waals surface area contributed by atoms with Gasteiger partial charge in [0.05, 0.1) is 19.3 Å². The Hall–Kier alpha value is -2.04. The second kappa shape index (κ2) is 4.86. The largest absolute Gasteiger partial charge is 0.495 e. The van der Waals surface area contributed by atoms with Gasteiger partial charge in [-0.25, -0.2) is 0 Å². The molecule has 0 unspecified atom stereocenters. The molecule has 0 fully saturated rings. The summed E-state index contributed by atoms with van der Waals surface area (Å²) in [7, 11) is 1.65. The molecule has 90 valence electrons. The van der Waals surface area contributed by atoms with Crippen molar-refractivity contribution in [2.75, 3.05) is 12.4 Å². The van der Waals surface area contributed by atoms with Crippen LogP contribution in [0.5, 0.6) is 5.75 Å². The first-order valence-corrected chi connectivity index (χ1v) is 5.36. The van der Waals surface area contributed by atoms with Gasteiger partial charge in [-0.05, 0) is 24.6 Å². The van der Waals surface area contributed by atoms with Crippen LogP contribution in [0.2, 0.25) is 0 Å². The van der Waals surface area contributed by atoms with E-state index >= 15 is 0 Å². The highest BCUT2D eigenvalue weighted by molar-refractivity contribution is 5.57. The highest BCUT2D eigenvalue weighted by Crippen LogP contribution is 2.25. The highest BCUT2D eigenvalue weighted by Gasteiger charge is 2.05. The smallest absolute Gasteiger partial charge is 0.235 e. The fourth-order valence-electron chi connectivity index (χ4n) is 1.54. The zero-order valence-corrected chi connectivity index (χ0v) is 10.2. The number of benzene rings is 1. The van der Waals surface area contributed by atoms with Gasteiger partial charge >= 0.3 is 0 Å². The lowest BCUT2D eigenvalue weighted by Crippen LogP contribution is -2.02. The van der Waals surface area contributed by atoms with Crippen molar-refractivity contribution in [2.45, 2.75) is 20.4 Å². The summed E-state index contributed by atoms with van der Waals surface area (Å²) in [5.74, 6) is 1.93. The molecule has 0 amide bonds. The molecule has 2 rings (SSSR count). The number of aryl methyl sites for hydroxylation is 2. The number of hydrogen-bond acceptors (Lipinski definition) is 5. The normalized spacial score (nSPS) is 10.3. The molecule has 0 saturated carbocycles. The van der Waals surface area contributed by atoms with E-state index < -0.39 is 0 Å². The molecule has 0 bridgehead atoms. The quantitative estimate of drug-likeness (QED) is 0.878. The average molecular weight is 233 g/mol. The minimum Gasteiger partial charge on any atom is -0.495 e. The average Bonchev–Trinajstić information content (AvgIpc) is 2.73. The van der Waals surface area contributed by atoms with Crippen molar-refractivity contribution in [3.63, 3.8) is 0 Å². The third-order valence-electron chi connectivity index (χ3n) is 2.35. The first-order chi connectivity index (χ1) is 8.19. The highest BCUT2D eigenvalue weighted by atomic mass is 16.5. The van der Waals surface area contributed by atoms with Gasteiger partial charge in [0, 0.05) is 6.92 Å². The van der Waals surface area contributed by atoms with E-state index in [-0.39, 0.29) is 0 Å². The number of methoxy groups -OCH3 is 1. The van der Waals surface area contributed by atoms with E-state index in [0.29, 0.717) is 18.3 Å². The molecule has 0 radical (unpaired) electrons. The third-order valence-corrected chi connectivity index (χ3v) is 2.35. The van der Waals surface area contributed by atoms with Gasteiger partial charge in [-0.1, -0.05) is 6.07 Å². The first kappa shape index (κ1) is 11.4. The number of aromatic nitrogens is 2. The molecule has 0 atom stereocenters. The molecule has 0 aliphatic heterocycles. The molecule has 2 aromatic rings. The second-order valence-electron chi connectivity index (χ2n) is 3.77. The maximum atomic E-state index is 5.28. The van der Waals surface area contributed by atoms with Crippen molar-refractivity contribution in [3.05, 3.63) is 35.5 Å². The molecule has 1 N–H and O–H groups in total. The summed E-state index contributed by atoms with van der Waals surface area (Å²) in [6.07, 6.45) is 0. The number of nitrogens with zero attached hydrogens (tertiary/aromatic N) is 2. The van der Waals surface area contributed by atoms with Gasteiger partial charge < -0.3 is 14.5 Å². The van der Waals surface area contributed by atoms with Crippen LogP contribution in [0.1, 0.15) is 17.3 Å². The van der Waals surface area contributed by atoms with Gasteiger partial charge in [0.2, 0.25) is 11.8 Å². The predicted octanol–water partition coefficient (Wildman–Crippen LogP) is 2.31. The van der Waals surface area contributed by atoms with Gasteiger partial charge in [-0.2, -0.15) is 0 Å². The SMILES string of the molecule is COc1ccc(C)cc1NCc1nnc(C)o1. The summed E-state index contributed by atoms with van der Waals surface area (Å²) in [5.41, 5.74) is 2.08. The van der Waals surface area contributed by atoms with Gasteiger partial charge in [-0.3, -0.25) is 0 Å². The van der Waals surface area contributed by atoms with Crippen molar-refractivity contribution >= 4 is 5.69 Å². The van der Waals surface area contributed by atoms with E-state index in [4.69, 9.17) is 9.15 Å². The zero-order valence-electron chi connectivity index (χ0n) is 10.2. The summed E-state index contributed by atoms with van der Waals surface area (Å²) in [4.78, 5) is 0. The van der Waals surface area contributed by atoms with Crippen LogP contribution in [0, 0.1) is 13.8 Å². The Balaban J connectivity index is 2.10. The number of nitrogens with one attached hydrogen (secondary N) is 1. The van der Waals surface area contributed by atoms with Crippen LogP contribution in [0.15, 0.2) is 22.6 Å². The minimum absolute atomic E-state index is 0.487. The Labute approximate surface area is 99.8 Å². The van der Waals surface area contributed by atoms with Crippen molar-refractivity contribution < 1.29 is 9.15 Å².